The Kier molecular flexibility index (Phi) is 11.4. The lowest BCUT2D eigenvalue weighted by Gasteiger charge is -2.22. The second-order valence-electron chi connectivity index (χ2n) is 27.5. The molecule has 0 N–H and O–H groups in total. The highest BCUT2D eigenvalue weighted by atomic mass is 32.1. The summed E-state index contributed by atoms with van der Waals surface area (Å²) in [6, 6.07) is 119. The van der Waals surface area contributed by atoms with E-state index in [9.17, 15) is 0 Å². The zero-order chi connectivity index (χ0) is 64.9. The average Bonchev–Trinajstić information content (AvgIpc) is 1.58. The first-order valence-electron chi connectivity index (χ1n) is 34.2. The van der Waals surface area contributed by atoms with Crippen LogP contribution in [-0.4, -0.2) is 18.3 Å². The Morgan fingerprint density at radius 3 is 1.23 bits per heavy atom. The molecule has 22 rings (SSSR count). The molecular weight excluding hydrogens is 1240 g/mol. The molecule has 0 radical (unpaired) electrons. The van der Waals surface area contributed by atoms with E-state index in [2.05, 4.69) is 348 Å². The monoisotopic (exact) mass is 1290 g/mol. The summed E-state index contributed by atoms with van der Waals surface area (Å²) in [6.45, 7) is 4.77. The van der Waals surface area contributed by atoms with Gasteiger partial charge < -0.3 is 18.3 Å². The fourth-order valence-corrected chi connectivity index (χ4v) is 19.9. The molecule has 6 aromatic heterocycles. The number of rotatable bonds is 7. The van der Waals surface area contributed by atoms with Crippen LogP contribution in [0.3, 0.4) is 0 Å². The van der Waals surface area contributed by atoms with Crippen molar-refractivity contribution in [3.05, 3.63) is 327 Å². The van der Waals surface area contributed by atoms with Crippen LogP contribution in [0.5, 0.6) is 0 Å². The molecule has 1 aliphatic rings. The molecule has 0 bridgehead atoms. The van der Waals surface area contributed by atoms with Gasteiger partial charge in [0.15, 0.2) is 0 Å². The molecular formula is C93H58N4S2. The summed E-state index contributed by atoms with van der Waals surface area (Å²) in [7, 11) is 0. The first-order valence-corrected chi connectivity index (χ1v) is 35.8. The number of thiophene rings is 2. The predicted octanol–water partition coefficient (Wildman–Crippen LogP) is 26.1. The lowest BCUT2D eigenvalue weighted by atomic mass is 9.82. The van der Waals surface area contributed by atoms with Gasteiger partial charge in [-0.25, -0.2) is 0 Å². The average molecular weight is 1300 g/mol. The van der Waals surface area contributed by atoms with E-state index < -0.39 is 0 Å². The molecule has 99 heavy (non-hydrogen) atoms. The van der Waals surface area contributed by atoms with Gasteiger partial charge in [-0.2, -0.15) is 0 Å². The Morgan fingerprint density at radius 2 is 0.636 bits per heavy atom. The largest absolute Gasteiger partial charge is 0.309 e. The minimum absolute atomic E-state index is 0.148. The number of hydrogen-bond acceptors (Lipinski definition) is 2. The van der Waals surface area contributed by atoms with Gasteiger partial charge in [0, 0.05) is 100 Å². The summed E-state index contributed by atoms with van der Waals surface area (Å²) in [6.07, 6.45) is 0. The van der Waals surface area contributed by atoms with Crippen LogP contribution >= 0.6 is 22.7 Å². The first kappa shape index (κ1) is 55.1. The van der Waals surface area contributed by atoms with Crippen molar-refractivity contribution in [3.63, 3.8) is 0 Å². The van der Waals surface area contributed by atoms with Crippen LogP contribution in [0.4, 0.5) is 0 Å². The molecule has 4 nitrogen and oxygen atoms in total. The second kappa shape index (κ2) is 20.5. The number of nitrogens with zero attached hydrogens (tertiary/aromatic N) is 4. The Labute approximate surface area is 577 Å². The van der Waals surface area contributed by atoms with Crippen LogP contribution < -0.4 is 0 Å². The number of hydrogen-bond donors (Lipinski definition) is 0. The third-order valence-corrected chi connectivity index (χ3v) is 24.3. The van der Waals surface area contributed by atoms with Crippen LogP contribution in [0.15, 0.2) is 315 Å². The molecule has 462 valence electrons. The smallest absolute Gasteiger partial charge is 0.0555 e. The van der Waals surface area contributed by atoms with Gasteiger partial charge in [-0.05, 0) is 189 Å². The summed E-state index contributed by atoms with van der Waals surface area (Å²) in [4.78, 5) is 0. The van der Waals surface area contributed by atoms with E-state index in [0.717, 1.165) is 5.69 Å². The van der Waals surface area contributed by atoms with E-state index in [1.54, 1.807) is 0 Å². The van der Waals surface area contributed by atoms with E-state index in [1.165, 1.54) is 200 Å². The van der Waals surface area contributed by atoms with E-state index in [1.807, 2.05) is 22.7 Å². The minimum atomic E-state index is -0.148. The zero-order valence-electron chi connectivity index (χ0n) is 54.1. The fraction of sp³-hybridized carbons (Fsp3) is 0.0323. The third-order valence-electron chi connectivity index (χ3n) is 22.0. The van der Waals surface area contributed by atoms with Crippen molar-refractivity contribution >= 4 is 150 Å². The molecule has 0 saturated carbocycles. The highest BCUT2D eigenvalue weighted by Gasteiger charge is 2.36. The summed E-state index contributed by atoms with van der Waals surface area (Å²) < 4.78 is 15.1. The van der Waals surface area contributed by atoms with Crippen molar-refractivity contribution in [1.82, 2.24) is 18.3 Å². The summed E-state index contributed by atoms with van der Waals surface area (Å²) in [5.41, 5.74) is 26.7. The zero-order valence-corrected chi connectivity index (χ0v) is 55.8. The van der Waals surface area contributed by atoms with Crippen LogP contribution in [-0.2, 0) is 5.41 Å². The van der Waals surface area contributed by atoms with Crippen molar-refractivity contribution in [3.8, 4) is 67.3 Å². The molecule has 0 spiro atoms. The maximum atomic E-state index is 2.54. The van der Waals surface area contributed by atoms with Crippen molar-refractivity contribution in [2.24, 2.45) is 0 Å². The molecule has 6 heteroatoms. The van der Waals surface area contributed by atoms with Crippen LogP contribution in [0.1, 0.15) is 25.0 Å². The molecule has 0 atom stereocenters. The van der Waals surface area contributed by atoms with Gasteiger partial charge in [-0.1, -0.05) is 196 Å². The molecule has 0 fully saturated rings. The maximum Gasteiger partial charge on any atom is 0.0555 e. The van der Waals surface area contributed by atoms with Crippen molar-refractivity contribution < 1.29 is 0 Å². The highest BCUT2D eigenvalue weighted by Crippen LogP contribution is 2.52. The maximum absolute atomic E-state index is 2.54. The van der Waals surface area contributed by atoms with Crippen LogP contribution in [0.2, 0.25) is 0 Å². The summed E-state index contributed by atoms with van der Waals surface area (Å²) in [5.74, 6) is 0. The van der Waals surface area contributed by atoms with E-state index in [4.69, 9.17) is 0 Å². The van der Waals surface area contributed by atoms with Crippen LogP contribution in [0.25, 0.3) is 195 Å². The molecule has 0 aliphatic heterocycles. The summed E-state index contributed by atoms with van der Waals surface area (Å²) in [5, 5.41) is 15.0. The van der Waals surface area contributed by atoms with Gasteiger partial charge in [0.2, 0.25) is 0 Å². The highest BCUT2D eigenvalue weighted by molar-refractivity contribution is 7.26. The Morgan fingerprint density at radius 1 is 0.232 bits per heavy atom. The van der Waals surface area contributed by atoms with E-state index in [-0.39, 0.29) is 5.41 Å². The quantitative estimate of drug-likeness (QED) is 0.152. The number of benzene rings is 15. The molecule has 0 unspecified atom stereocenters. The van der Waals surface area contributed by atoms with Gasteiger partial charge in [0.1, 0.15) is 0 Å². The van der Waals surface area contributed by atoms with Gasteiger partial charge in [0.25, 0.3) is 0 Å². The van der Waals surface area contributed by atoms with Gasteiger partial charge in [0.05, 0.1) is 55.5 Å². The fourth-order valence-electron chi connectivity index (χ4n) is 17.5. The third kappa shape index (κ3) is 7.78. The molecule has 1 aliphatic carbocycles. The Balaban J connectivity index is 0.708. The van der Waals surface area contributed by atoms with Gasteiger partial charge in [-0.15, -0.1) is 22.7 Å². The normalized spacial score (nSPS) is 13.0. The molecule has 0 saturated heterocycles. The Hall–Kier alpha value is -12.1. The van der Waals surface area contributed by atoms with Crippen molar-refractivity contribution in [2.75, 3.05) is 0 Å². The first-order chi connectivity index (χ1) is 48.9. The lowest BCUT2D eigenvalue weighted by molar-refractivity contribution is 0.660. The van der Waals surface area contributed by atoms with Gasteiger partial charge >= 0.3 is 0 Å². The lowest BCUT2D eigenvalue weighted by Crippen LogP contribution is -2.15. The second-order valence-corrected chi connectivity index (χ2v) is 29.6. The van der Waals surface area contributed by atoms with E-state index >= 15 is 0 Å². The number of para-hydroxylation sites is 4. The number of fused-ring (bicyclic) bond motifs is 21. The SMILES string of the molecule is CC1(C)c2ccccc2-c2ccc(-n3c4ccc(-c5ccc6c(c5)c5ccccc5n6-c5ccccc5)cc4c4cc(-c5ccc(-n6c7ccccc7c7cc(-c8ccc9c(c8)c8ccccc8n9-c8cccc9sc%10ccccc%10c89)ccc76)c6c5sc5ccccc56)ccc43)cc21. The Bertz CT molecular complexity index is 7080. The molecule has 21 aromatic rings. The molecule has 0 amide bonds. The minimum Gasteiger partial charge on any atom is -0.309 e. The van der Waals surface area contributed by atoms with Gasteiger partial charge in [-0.3, -0.25) is 0 Å². The van der Waals surface area contributed by atoms with E-state index in [0.29, 0.717) is 0 Å². The molecule has 15 aromatic carbocycles. The standard InChI is InChI=1S/C93H58N4S2/c1-93(2)75-27-12-6-21-63(75)64-41-40-61(54-76(64)93)95-81-44-36-58(55-35-43-80-70(49-55)65-22-7-13-28-77(65)94(80)60-19-4-3-5-20-60)52-73(81)74-53-59(39-47-82(74)95)62-42-48-86(91-69-26-11-17-33-88(69)99-92(62)91)97-79-30-15-9-24-67(79)72-51-57(38-46-84(72)97)56-37-45-83-71(50-56)66-23-8-14-29-78(66)96(83)85-31-18-34-89-90(85)68-25-10-16-32-87(68)98-89/h3-54H,1-2H3. The topological polar surface area (TPSA) is 19.7 Å². The number of aromatic nitrogens is 4. The molecule has 6 heterocycles. The predicted molar refractivity (Wildman–Crippen MR) is 423 cm³/mol. The summed E-state index contributed by atoms with van der Waals surface area (Å²) >= 11 is 3.78. The van der Waals surface area contributed by atoms with Crippen LogP contribution in [0, 0.1) is 0 Å². The van der Waals surface area contributed by atoms with Crippen molar-refractivity contribution in [1.29, 1.82) is 0 Å². The van der Waals surface area contributed by atoms with Crippen molar-refractivity contribution in [2.45, 2.75) is 19.3 Å².